The van der Waals surface area contributed by atoms with Gasteiger partial charge in [-0.3, -0.25) is 4.79 Å². The zero-order valence-corrected chi connectivity index (χ0v) is 16.7. The Morgan fingerprint density at radius 1 is 1.07 bits per heavy atom. The first-order chi connectivity index (χ1) is 13.3. The highest BCUT2D eigenvalue weighted by Crippen LogP contribution is 2.18. The van der Waals surface area contributed by atoms with Crippen LogP contribution in [-0.2, 0) is 22.7 Å². The van der Waals surface area contributed by atoms with Crippen molar-refractivity contribution in [3.63, 3.8) is 0 Å². The van der Waals surface area contributed by atoms with Gasteiger partial charge in [-0.15, -0.1) is 0 Å². The van der Waals surface area contributed by atoms with Crippen LogP contribution in [0.3, 0.4) is 0 Å². The zero-order valence-electron chi connectivity index (χ0n) is 16.7. The van der Waals surface area contributed by atoms with Gasteiger partial charge < -0.3 is 21.1 Å². The molecule has 0 aliphatic heterocycles. The molecule has 1 unspecified atom stereocenters. The highest BCUT2D eigenvalue weighted by Gasteiger charge is 2.17. The number of ether oxygens (including phenoxy) is 1. The van der Waals surface area contributed by atoms with Crippen molar-refractivity contribution in [2.75, 3.05) is 0 Å². The van der Waals surface area contributed by atoms with Crippen LogP contribution < -0.4 is 16.4 Å². The highest BCUT2D eigenvalue weighted by atomic mass is 16.5. The standard InChI is InChI=1S/C22H29N3O3/c1-15(2)28-14-18-9-7-17(8-10-18)13-24-21(26)12-20(25-22(23)27)19-6-4-5-16(3)11-19/h4-11,15,20H,12-14H2,1-3H3,(H,24,26)(H3,23,25,27). The molecule has 150 valence electrons. The van der Waals surface area contributed by atoms with Gasteiger partial charge in [0.25, 0.3) is 0 Å². The summed E-state index contributed by atoms with van der Waals surface area (Å²) in [6.07, 6.45) is 0.307. The largest absolute Gasteiger partial charge is 0.374 e. The summed E-state index contributed by atoms with van der Waals surface area (Å²) in [5.41, 5.74) is 9.27. The predicted molar refractivity (Wildman–Crippen MR) is 109 cm³/mol. The fourth-order valence-corrected chi connectivity index (χ4v) is 2.79. The molecule has 2 aromatic rings. The van der Waals surface area contributed by atoms with Crippen LogP contribution in [0.5, 0.6) is 0 Å². The number of carbonyl (C=O) groups excluding carboxylic acids is 2. The van der Waals surface area contributed by atoms with E-state index in [9.17, 15) is 9.59 Å². The summed E-state index contributed by atoms with van der Waals surface area (Å²) in [6, 6.07) is 14.5. The van der Waals surface area contributed by atoms with Crippen LogP contribution in [0.15, 0.2) is 48.5 Å². The topological polar surface area (TPSA) is 93.4 Å². The first kappa shape index (κ1) is 21.4. The van der Waals surface area contributed by atoms with Crippen molar-refractivity contribution in [2.24, 2.45) is 5.73 Å². The van der Waals surface area contributed by atoms with Crippen LogP contribution in [0.25, 0.3) is 0 Å². The third kappa shape index (κ3) is 7.40. The van der Waals surface area contributed by atoms with Crippen LogP contribution in [0, 0.1) is 6.92 Å². The van der Waals surface area contributed by atoms with Crippen LogP contribution in [0.2, 0.25) is 0 Å². The molecule has 4 N–H and O–H groups in total. The Kier molecular flexibility index (Phi) is 8.02. The van der Waals surface area contributed by atoms with E-state index in [1.807, 2.05) is 69.3 Å². The number of rotatable bonds is 9. The Morgan fingerprint density at radius 3 is 2.36 bits per heavy atom. The summed E-state index contributed by atoms with van der Waals surface area (Å²) in [4.78, 5) is 23.7. The van der Waals surface area contributed by atoms with E-state index in [-0.39, 0.29) is 18.4 Å². The van der Waals surface area contributed by atoms with Gasteiger partial charge in [-0.2, -0.15) is 0 Å². The molecule has 0 bridgehead atoms. The van der Waals surface area contributed by atoms with Crippen molar-refractivity contribution in [3.05, 3.63) is 70.8 Å². The average Bonchev–Trinajstić information content (AvgIpc) is 2.64. The van der Waals surface area contributed by atoms with Crippen LogP contribution in [-0.4, -0.2) is 18.0 Å². The van der Waals surface area contributed by atoms with E-state index in [1.165, 1.54) is 0 Å². The molecule has 0 aliphatic carbocycles. The smallest absolute Gasteiger partial charge is 0.312 e. The maximum absolute atomic E-state index is 12.4. The number of nitrogens with one attached hydrogen (secondary N) is 2. The number of primary amides is 1. The molecule has 28 heavy (non-hydrogen) atoms. The fraction of sp³-hybridized carbons (Fsp3) is 0.364. The van der Waals surface area contributed by atoms with E-state index in [4.69, 9.17) is 10.5 Å². The second-order valence-corrected chi connectivity index (χ2v) is 7.13. The van der Waals surface area contributed by atoms with E-state index >= 15 is 0 Å². The summed E-state index contributed by atoms with van der Waals surface area (Å²) in [5.74, 6) is -0.160. The normalized spacial score (nSPS) is 11.9. The monoisotopic (exact) mass is 383 g/mol. The maximum atomic E-state index is 12.4. The SMILES string of the molecule is Cc1cccc(C(CC(=O)NCc2ccc(COC(C)C)cc2)NC(N)=O)c1. The van der Waals surface area contributed by atoms with Crippen LogP contribution in [0.4, 0.5) is 4.79 Å². The first-order valence-electron chi connectivity index (χ1n) is 9.42. The van der Waals surface area contributed by atoms with Crippen LogP contribution >= 0.6 is 0 Å². The minimum atomic E-state index is -0.654. The third-order valence-electron chi connectivity index (χ3n) is 4.25. The van der Waals surface area contributed by atoms with Gasteiger partial charge in [-0.1, -0.05) is 54.1 Å². The molecular formula is C22H29N3O3. The van der Waals surface area contributed by atoms with Crippen molar-refractivity contribution in [1.29, 1.82) is 0 Å². The predicted octanol–water partition coefficient (Wildman–Crippen LogP) is 3.34. The molecule has 6 nitrogen and oxygen atoms in total. The molecule has 0 aromatic heterocycles. The molecule has 2 rings (SSSR count). The van der Waals surface area contributed by atoms with E-state index in [0.717, 1.165) is 22.3 Å². The number of amides is 3. The molecule has 0 spiro atoms. The zero-order chi connectivity index (χ0) is 20.5. The van der Waals surface area contributed by atoms with E-state index in [1.54, 1.807) is 0 Å². The minimum absolute atomic E-state index is 0.118. The van der Waals surface area contributed by atoms with Crippen molar-refractivity contribution < 1.29 is 14.3 Å². The Hall–Kier alpha value is -2.86. The minimum Gasteiger partial charge on any atom is -0.374 e. The van der Waals surface area contributed by atoms with Gasteiger partial charge in [0.15, 0.2) is 0 Å². The number of hydrogen-bond donors (Lipinski definition) is 3. The first-order valence-corrected chi connectivity index (χ1v) is 9.42. The molecule has 6 heteroatoms. The molecule has 1 atom stereocenters. The van der Waals surface area contributed by atoms with E-state index in [2.05, 4.69) is 10.6 Å². The average molecular weight is 383 g/mol. The molecular weight excluding hydrogens is 354 g/mol. The summed E-state index contributed by atoms with van der Waals surface area (Å²) in [6.45, 7) is 6.95. The molecule has 3 amide bonds. The molecule has 0 heterocycles. The number of aryl methyl sites for hydroxylation is 1. The number of urea groups is 1. The van der Waals surface area contributed by atoms with E-state index in [0.29, 0.717) is 13.2 Å². The number of nitrogens with two attached hydrogens (primary N) is 1. The van der Waals surface area contributed by atoms with E-state index < -0.39 is 12.1 Å². The number of benzene rings is 2. The third-order valence-corrected chi connectivity index (χ3v) is 4.25. The van der Waals surface area contributed by atoms with Crippen molar-refractivity contribution in [3.8, 4) is 0 Å². The molecule has 0 fully saturated rings. The Labute approximate surface area is 166 Å². The van der Waals surface area contributed by atoms with Crippen molar-refractivity contribution >= 4 is 11.9 Å². The maximum Gasteiger partial charge on any atom is 0.312 e. The number of hydrogen-bond acceptors (Lipinski definition) is 3. The molecule has 0 aliphatic rings. The molecule has 0 saturated carbocycles. The summed E-state index contributed by atoms with van der Waals surface area (Å²) >= 11 is 0. The number of carbonyl (C=O) groups is 2. The summed E-state index contributed by atoms with van der Waals surface area (Å²) in [7, 11) is 0. The quantitative estimate of drug-likeness (QED) is 0.620. The van der Waals surface area contributed by atoms with Crippen LogP contribution in [0.1, 0.15) is 48.6 Å². The molecule has 2 aromatic carbocycles. The van der Waals surface area contributed by atoms with Gasteiger partial charge in [-0.05, 0) is 37.5 Å². The highest BCUT2D eigenvalue weighted by molar-refractivity contribution is 5.78. The fourth-order valence-electron chi connectivity index (χ4n) is 2.79. The van der Waals surface area contributed by atoms with Gasteiger partial charge in [0.2, 0.25) is 5.91 Å². The Bertz CT molecular complexity index is 788. The lowest BCUT2D eigenvalue weighted by Gasteiger charge is -2.18. The molecule has 0 saturated heterocycles. The lowest BCUT2D eigenvalue weighted by atomic mass is 10.0. The van der Waals surface area contributed by atoms with Crippen molar-refractivity contribution in [2.45, 2.75) is 52.5 Å². The van der Waals surface area contributed by atoms with Gasteiger partial charge in [0.1, 0.15) is 0 Å². The summed E-state index contributed by atoms with van der Waals surface area (Å²) < 4.78 is 5.58. The second kappa shape index (κ2) is 10.5. The molecule has 0 radical (unpaired) electrons. The van der Waals surface area contributed by atoms with Crippen molar-refractivity contribution in [1.82, 2.24) is 10.6 Å². The lowest BCUT2D eigenvalue weighted by Crippen LogP contribution is -2.36. The second-order valence-electron chi connectivity index (χ2n) is 7.13. The van der Waals surface area contributed by atoms with Gasteiger partial charge >= 0.3 is 6.03 Å². The Balaban J connectivity index is 1.91. The van der Waals surface area contributed by atoms with Gasteiger partial charge in [0.05, 0.1) is 25.2 Å². The van der Waals surface area contributed by atoms with Gasteiger partial charge in [-0.25, -0.2) is 4.79 Å². The van der Waals surface area contributed by atoms with Gasteiger partial charge in [0, 0.05) is 6.54 Å². The Morgan fingerprint density at radius 2 is 1.75 bits per heavy atom. The summed E-state index contributed by atoms with van der Waals surface area (Å²) in [5, 5.41) is 5.54. The lowest BCUT2D eigenvalue weighted by molar-refractivity contribution is -0.121.